The van der Waals surface area contributed by atoms with Gasteiger partial charge in [-0.1, -0.05) is 6.92 Å². The minimum Gasteiger partial charge on any atom is -0.385 e. The molecule has 0 bridgehead atoms. The number of nitrogens with one attached hydrogen (secondary N) is 1. The summed E-state index contributed by atoms with van der Waals surface area (Å²) < 4.78 is 4.99. The SMILES string of the molecule is COCCCCCNC(=O)N1CCS[C@H](C)[C@@H]1C. The first kappa shape index (κ1) is 15.6. The molecule has 0 spiro atoms. The van der Waals surface area contributed by atoms with Crippen LogP contribution in [0.2, 0.25) is 0 Å². The summed E-state index contributed by atoms with van der Waals surface area (Å²) in [5.74, 6) is 1.05. The van der Waals surface area contributed by atoms with Gasteiger partial charge in [-0.05, 0) is 26.2 Å². The van der Waals surface area contributed by atoms with Crippen LogP contribution in [0.5, 0.6) is 0 Å². The van der Waals surface area contributed by atoms with E-state index < -0.39 is 0 Å². The lowest BCUT2D eigenvalue weighted by Crippen LogP contribution is -2.52. The first-order valence-corrected chi connectivity index (χ1v) is 7.86. The number of urea groups is 1. The molecule has 0 aromatic rings. The Morgan fingerprint density at radius 3 is 2.89 bits per heavy atom. The van der Waals surface area contributed by atoms with Crippen molar-refractivity contribution in [3.8, 4) is 0 Å². The van der Waals surface area contributed by atoms with Crippen molar-refractivity contribution in [2.75, 3.05) is 32.6 Å². The standard InChI is InChI=1S/C13H26N2O2S/c1-11-12(2)18-10-8-15(11)13(16)14-7-5-4-6-9-17-3/h11-12H,4-10H2,1-3H3,(H,14,16)/t11-,12+/m0/s1. The molecule has 1 aliphatic rings. The van der Waals surface area contributed by atoms with E-state index in [1.807, 2.05) is 16.7 Å². The largest absolute Gasteiger partial charge is 0.385 e. The van der Waals surface area contributed by atoms with Crippen molar-refractivity contribution in [1.29, 1.82) is 0 Å². The topological polar surface area (TPSA) is 41.6 Å². The van der Waals surface area contributed by atoms with Crippen molar-refractivity contribution in [2.45, 2.75) is 44.4 Å². The third-order valence-electron chi connectivity index (χ3n) is 3.45. The van der Waals surface area contributed by atoms with Crippen molar-refractivity contribution in [2.24, 2.45) is 0 Å². The Morgan fingerprint density at radius 1 is 1.39 bits per heavy atom. The van der Waals surface area contributed by atoms with Gasteiger partial charge in [-0.3, -0.25) is 0 Å². The lowest BCUT2D eigenvalue weighted by atomic mass is 10.2. The molecule has 0 aromatic heterocycles. The summed E-state index contributed by atoms with van der Waals surface area (Å²) in [6, 6.07) is 0.429. The van der Waals surface area contributed by atoms with Gasteiger partial charge in [0.25, 0.3) is 0 Å². The summed E-state index contributed by atoms with van der Waals surface area (Å²) >= 11 is 1.95. The fourth-order valence-corrected chi connectivity index (χ4v) is 3.16. The van der Waals surface area contributed by atoms with Crippen LogP contribution in [-0.2, 0) is 4.74 Å². The molecule has 0 aliphatic carbocycles. The summed E-state index contributed by atoms with van der Waals surface area (Å²) in [6.45, 7) is 6.78. The molecule has 1 saturated heterocycles. The number of hydrogen-bond acceptors (Lipinski definition) is 3. The van der Waals surface area contributed by atoms with Gasteiger partial charge in [0.15, 0.2) is 0 Å². The van der Waals surface area contributed by atoms with Gasteiger partial charge in [0, 0.05) is 43.9 Å². The molecule has 1 heterocycles. The van der Waals surface area contributed by atoms with Crippen LogP contribution in [0.4, 0.5) is 4.79 Å². The van der Waals surface area contributed by atoms with Crippen molar-refractivity contribution < 1.29 is 9.53 Å². The van der Waals surface area contributed by atoms with E-state index in [4.69, 9.17) is 4.74 Å². The molecule has 5 heteroatoms. The lowest BCUT2D eigenvalue weighted by molar-refractivity contribution is 0.179. The summed E-state index contributed by atoms with van der Waals surface area (Å²) in [5.41, 5.74) is 0. The third-order valence-corrected chi connectivity index (χ3v) is 4.78. The van der Waals surface area contributed by atoms with E-state index in [0.717, 1.165) is 44.7 Å². The van der Waals surface area contributed by atoms with Gasteiger partial charge in [-0.15, -0.1) is 0 Å². The van der Waals surface area contributed by atoms with Crippen molar-refractivity contribution >= 4 is 17.8 Å². The van der Waals surface area contributed by atoms with Crippen LogP contribution >= 0.6 is 11.8 Å². The summed E-state index contributed by atoms with van der Waals surface area (Å²) in [4.78, 5) is 14.0. The van der Waals surface area contributed by atoms with Crippen molar-refractivity contribution in [1.82, 2.24) is 10.2 Å². The maximum Gasteiger partial charge on any atom is 0.317 e. The average molecular weight is 274 g/mol. The van der Waals surface area contributed by atoms with E-state index >= 15 is 0 Å². The molecule has 1 fully saturated rings. The van der Waals surface area contributed by atoms with E-state index in [0.29, 0.717) is 11.3 Å². The zero-order chi connectivity index (χ0) is 13.4. The normalized spacial score (nSPS) is 24.1. The Morgan fingerprint density at radius 2 is 2.17 bits per heavy atom. The smallest absolute Gasteiger partial charge is 0.317 e. The molecular formula is C13H26N2O2S. The van der Waals surface area contributed by atoms with Crippen molar-refractivity contribution in [3.63, 3.8) is 0 Å². The average Bonchev–Trinajstić information content (AvgIpc) is 2.36. The van der Waals surface area contributed by atoms with Gasteiger partial charge in [-0.2, -0.15) is 11.8 Å². The number of amides is 2. The molecule has 1 aliphatic heterocycles. The Balaban J connectivity index is 2.15. The van der Waals surface area contributed by atoms with Gasteiger partial charge >= 0.3 is 6.03 Å². The Kier molecular flexibility index (Phi) is 7.51. The number of nitrogens with zero attached hydrogens (tertiary/aromatic N) is 1. The zero-order valence-corrected chi connectivity index (χ0v) is 12.6. The van der Waals surface area contributed by atoms with E-state index in [9.17, 15) is 4.79 Å². The van der Waals surface area contributed by atoms with Gasteiger partial charge in [-0.25, -0.2) is 4.79 Å². The predicted molar refractivity (Wildman–Crippen MR) is 77.2 cm³/mol. The maximum atomic E-state index is 12.0. The fraction of sp³-hybridized carbons (Fsp3) is 0.923. The highest BCUT2D eigenvalue weighted by molar-refractivity contribution is 8.00. The Hall–Kier alpha value is -0.420. The molecule has 4 nitrogen and oxygen atoms in total. The zero-order valence-electron chi connectivity index (χ0n) is 11.8. The minimum atomic E-state index is 0.0985. The van der Waals surface area contributed by atoms with Crippen LogP contribution < -0.4 is 5.32 Å². The molecule has 2 amide bonds. The molecular weight excluding hydrogens is 248 g/mol. The fourth-order valence-electron chi connectivity index (χ4n) is 2.06. The van der Waals surface area contributed by atoms with Crippen LogP contribution in [0.1, 0.15) is 33.1 Å². The van der Waals surface area contributed by atoms with E-state index in [1.165, 1.54) is 0 Å². The number of methoxy groups -OCH3 is 1. The minimum absolute atomic E-state index is 0.0985. The van der Waals surface area contributed by atoms with Crippen LogP contribution in [0.15, 0.2) is 0 Å². The van der Waals surface area contributed by atoms with Gasteiger partial charge in [0.2, 0.25) is 0 Å². The van der Waals surface area contributed by atoms with Gasteiger partial charge < -0.3 is 15.0 Å². The molecule has 2 atom stereocenters. The Bertz CT molecular complexity index is 251. The second-order valence-corrected chi connectivity index (χ2v) is 6.28. The third kappa shape index (κ3) is 5.06. The number of unbranched alkanes of at least 4 members (excludes halogenated alkanes) is 2. The second-order valence-electron chi connectivity index (χ2n) is 4.80. The van der Waals surface area contributed by atoms with Crippen LogP contribution in [0, 0.1) is 0 Å². The van der Waals surface area contributed by atoms with E-state index in [-0.39, 0.29) is 6.03 Å². The highest BCUT2D eigenvalue weighted by Crippen LogP contribution is 2.23. The molecule has 1 N–H and O–H groups in total. The number of thioether (sulfide) groups is 1. The van der Waals surface area contributed by atoms with Crippen molar-refractivity contribution in [3.05, 3.63) is 0 Å². The second kappa shape index (κ2) is 8.64. The number of hydrogen-bond donors (Lipinski definition) is 1. The molecule has 1 rings (SSSR count). The molecule has 0 aromatic carbocycles. The highest BCUT2D eigenvalue weighted by atomic mass is 32.2. The van der Waals surface area contributed by atoms with Gasteiger partial charge in [0.1, 0.15) is 0 Å². The van der Waals surface area contributed by atoms with Gasteiger partial charge in [0.05, 0.1) is 0 Å². The molecule has 0 unspecified atom stereocenters. The first-order chi connectivity index (χ1) is 8.66. The monoisotopic (exact) mass is 274 g/mol. The van der Waals surface area contributed by atoms with E-state index in [1.54, 1.807) is 7.11 Å². The number of carbonyl (C=O) groups excluding carboxylic acids is 1. The molecule has 18 heavy (non-hydrogen) atoms. The summed E-state index contributed by atoms with van der Waals surface area (Å²) in [6.07, 6.45) is 3.21. The van der Waals surface area contributed by atoms with E-state index in [2.05, 4.69) is 19.2 Å². The highest BCUT2D eigenvalue weighted by Gasteiger charge is 2.28. The molecule has 106 valence electrons. The maximum absolute atomic E-state index is 12.0. The van der Waals surface area contributed by atoms with Crippen LogP contribution in [0.3, 0.4) is 0 Å². The first-order valence-electron chi connectivity index (χ1n) is 6.82. The number of carbonyl (C=O) groups is 1. The quantitative estimate of drug-likeness (QED) is 0.756. The Labute approximate surface area is 115 Å². The molecule has 0 radical (unpaired) electrons. The lowest BCUT2D eigenvalue weighted by Gasteiger charge is -2.37. The predicted octanol–water partition coefficient (Wildman–Crippen LogP) is 2.34. The summed E-state index contributed by atoms with van der Waals surface area (Å²) in [5, 5.41) is 3.55. The van der Waals surface area contributed by atoms with Crippen LogP contribution in [-0.4, -0.2) is 54.8 Å². The summed E-state index contributed by atoms with van der Waals surface area (Å²) in [7, 11) is 1.72. The number of ether oxygens (including phenoxy) is 1. The molecule has 0 saturated carbocycles. The van der Waals surface area contributed by atoms with Crippen LogP contribution in [0.25, 0.3) is 0 Å². The number of rotatable bonds is 6.